The van der Waals surface area contributed by atoms with Gasteiger partial charge in [-0.05, 0) is 24.7 Å². The smallest absolute Gasteiger partial charge is 0.353 e. The number of nitrogens with one attached hydrogen (secondary N) is 2. The fourth-order valence-corrected chi connectivity index (χ4v) is 2.08. The fourth-order valence-electron chi connectivity index (χ4n) is 1.14. The molecule has 10 heteroatoms. The van der Waals surface area contributed by atoms with Crippen molar-refractivity contribution in [2.24, 2.45) is 0 Å². The molecule has 0 unspecified atom stereocenters. The Morgan fingerprint density at radius 2 is 2.24 bits per heavy atom. The van der Waals surface area contributed by atoms with Crippen molar-refractivity contribution in [1.82, 2.24) is 15.3 Å². The Morgan fingerprint density at radius 1 is 1.48 bits per heavy atom. The summed E-state index contributed by atoms with van der Waals surface area (Å²) in [6.45, 7) is -1.21. The molecule has 0 amide bonds. The summed E-state index contributed by atoms with van der Waals surface area (Å²) in [6.07, 6.45) is -1.68. The minimum absolute atomic E-state index is 0.161. The van der Waals surface area contributed by atoms with Crippen molar-refractivity contribution >= 4 is 34.9 Å². The third-order valence-electron chi connectivity index (χ3n) is 1.99. The first-order valence-electron chi connectivity index (χ1n) is 5.85. The molecule has 0 atom stereocenters. The molecule has 2 N–H and O–H groups in total. The zero-order chi connectivity index (χ0) is 15.7. The van der Waals surface area contributed by atoms with Crippen LogP contribution in [0.4, 0.5) is 19.0 Å². The van der Waals surface area contributed by atoms with Gasteiger partial charge in [-0.1, -0.05) is 11.8 Å². The largest absolute Gasteiger partial charge is 0.405 e. The van der Waals surface area contributed by atoms with Gasteiger partial charge in [0.15, 0.2) is 10.3 Å². The van der Waals surface area contributed by atoms with Crippen LogP contribution >= 0.6 is 24.0 Å². The van der Waals surface area contributed by atoms with E-state index in [1.807, 2.05) is 11.4 Å². The molecule has 0 aromatic carbocycles. The number of aromatic nitrogens is 2. The Bertz CT molecular complexity index is 515. The molecule has 0 saturated carbocycles. The van der Waals surface area contributed by atoms with Crippen LogP contribution in [-0.4, -0.2) is 33.6 Å². The van der Waals surface area contributed by atoms with Crippen LogP contribution in [0.1, 0.15) is 12.8 Å². The van der Waals surface area contributed by atoms with Crippen molar-refractivity contribution < 1.29 is 13.2 Å². The van der Waals surface area contributed by atoms with Crippen molar-refractivity contribution in [1.29, 1.82) is 5.26 Å². The highest BCUT2D eigenvalue weighted by molar-refractivity contribution is 7.99. The van der Waals surface area contributed by atoms with Crippen LogP contribution in [-0.2, 0) is 0 Å². The summed E-state index contributed by atoms with van der Waals surface area (Å²) in [5.74, 6) is 1.00. The average molecular weight is 335 g/mol. The molecule has 21 heavy (non-hydrogen) atoms. The van der Waals surface area contributed by atoms with Crippen LogP contribution in [0.3, 0.4) is 0 Å². The number of unbranched alkanes of at least 4 members (excludes halogenated alkanes) is 1. The van der Waals surface area contributed by atoms with Crippen molar-refractivity contribution in [2.75, 3.05) is 17.6 Å². The van der Waals surface area contributed by atoms with Crippen LogP contribution in [0.25, 0.3) is 0 Å². The Balaban J connectivity index is 2.45. The predicted molar refractivity (Wildman–Crippen MR) is 77.9 cm³/mol. The van der Waals surface area contributed by atoms with Gasteiger partial charge in [-0.2, -0.15) is 18.4 Å². The number of alkyl halides is 3. The molecule has 5 nitrogen and oxygen atoms in total. The molecule has 0 saturated heterocycles. The van der Waals surface area contributed by atoms with E-state index in [1.54, 1.807) is 0 Å². The van der Waals surface area contributed by atoms with E-state index in [0.717, 1.165) is 0 Å². The van der Waals surface area contributed by atoms with Crippen LogP contribution in [0.5, 0.6) is 0 Å². The summed E-state index contributed by atoms with van der Waals surface area (Å²) in [7, 11) is 0. The van der Waals surface area contributed by atoms with Gasteiger partial charge in [-0.3, -0.25) is 0 Å². The standard InChI is InChI=1S/C11H12F3N5S2/c12-11(13,14)7-17-9(20)18-8-3-5-16-10(19-8)21-6-2-1-4-15/h3,5H,1-2,6-7H2,(H2,16,17,18,19,20). The maximum atomic E-state index is 12.0. The highest BCUT2D eigenvalue weighted by Gasteiger charge is 2.27. The number of nitrogens with zero attached hydrogens (tertiary/aromatic N) is 3. The van der Waals surface area contributed by atoms with E-state index in [0.29, 0.717) is 29.6 Å². The lowest BCUT2D eigenvalue weighted by Crippen LogP contribution is -2.36. The summed E-state index contributed by atoms with van der Waals surface area (Å²) in [4.78, 5) is 8.12. The lowest BCUT2D eigenvalue weighted by molar-refractivity contribution is -0.121. The second-order valence-corrected chi connectivity index (χ2v) is 5.23. The number of nitriles is 1. The van der Waals surface area contributed by atoms with E-state index in [4.69, 9.17) is 17.5 Å². The van der Waals surface area contributed by atoms with Crippen molar-refractivity contribution in [3.8, 4) is 6.07 Å². The number of hydrogen-bond donors (Lipinski definition) is 2. The summed E-state index contributed by atoms with van der Waals surface area (Å²) >= 11 is 6.11. The maximum absolute atomic E-state index is 12.0. The number of thiocarbonyl (C=S) groups is 1. The molecule has 114 valence electrons. The number of rotatable bonds is 6. The van der Waals surface area contributed by atoms with Gasteiger partial charge >= 0.3 is 6.18 Å². The van der Waals surface area contributed by atoms with Crippen molar-refractivity contribution in [3.05, 3.63) is 12.3 Å². The lowest BCUT2D eigenvalue weighted by Gasteiger charge is -2.11. The van der Waals surface area contributed by atoms with E-state index in [-0.39, 0.29) is 5.11 Å². The minimum atomic E-state index is -4.33. The first kappa shape index (κ1) is 17.5. The zero-order valence-electron chi connectivity index (χ0n) is 10.8. The molecule has 1 heterocycles. The van der Waals surface area contributed by atoms with Gasteiger partial charge in [0, 0.05) is 18.4 Å². The number of halogens is 3. The van der Waals surface area contributed by atoms with Gasteiger partial charge in [0.25, 0.3) is 0 Å². The quantitative estimate of drug-likeness (QED) is 0.358. The fraction of sp³-hybridized carbons (Fsp3) is 0.455. The zero-order valence-corrected chi connectivity index (χ0v) is 12.4. The predicted octanol–water partition coefficient (Wildman–Crippen LogP) is 2.72. The summed E-state index contributed by atoms with van der Waals surface area (Å²) in [5, 5.41) is 13.3. The van der Waals surface area contributed by atoms with Crippen molar-refractivity contribution in [3.63, 3.8) is 0 Å². The van der Waals surface area contributed by atoms with Crippen LogP contribution in [0, 0.1) is 11.3 Å². The van der Waals surface area contributed by atoms with Gasteiger partial charge in [-0.15, -0.1) is 0 Å². The molecule has 1 rings (SSSR count). The van der Waals surface area contributed by atoms with Crippen LogP contribution in [0.15, 0.2) is 17.4 Å². The molecule has 1 aromatic heterocycles. The second-order valence-electron chi connectivity index (χ2n) is 3.76. The molecule has 0 radical (unpaired) electrons. The number of thioether (sulfide) groups is 1. The first-order valence-corrected chi connectivity index (χ1v) is 7.24. The molecule has 0 aliphatic heterocycles. The minimum Gasteiger partial charge on any atom is -0.353 e. The molecule has 0 aliphatic carbocycles. The molecular formula is C11H12F3N5S2. The second kappa shape index (κ2) is 8.63. The number of anilines is 1. The molecular weight excluding hydrogens is 323 g/mol. The summed E-state index contributed by atoms with van der Waals surface area (Å²) in [6, 6.07) is 3.53. The van der Waals surface area contributed by atoms with Gasteiger partial charge < -0.3 is 10.6 Å². The monoisotopic (exact) mass is 335 g/mol. The highest BCUT2D eigenvalue weighted by atomic mass is 32.2. The average Bonchev–Trinajstić information content (AvgIpc) is 2.41. The van der Waals surface area contributed by atoms with E-state index in [2.05, 4.69) is 15.3 Å². The lowest BCUT2D eigenvalue weighted by atomic mass is 10.4. The van der Waals surface area contributed by atoms with E-state index >= 15 is 0 Å². The van der Waals surface area contributed by atoms with E-state index in [9.17, 15) is 13.2 Å². The Hall–Kier alpha value is -1.60. The molecule has 0 spiro atoms. The third kappa shape index (κ3) is 8.31. The Morgan fingerprint density at radius 3 is 2.90 bits per heavy atom. The van der Waals surface area contributed by atoms with E-state index < -0.39 is 12.7 Å². The van der Waals surface area contributed by atoms with Crippen LogP contribution in [0.2, 0.25) is 0 Å². The molecule has 0 aliphatic rings. The van der Waals surface area contributed by atoms with Crippen LogP contribution < -0.4 is 10.6 Å². The normalized spacial score (nSPS) is 10.8. The highest BCUT2D eigenvalue weighted by Crippen LogP contribution is 2.16. The third-order valence-corrected chi connectivity index (χ3v) is 3.18. The van der Waals surface area contributed by atoms with E-state index in [1.165, 1.54) is 24.0 Å². The van der Waals surface area contributed by atoms with Crippen molar-refractivity contribution in [2.45, 2.75) is 24.2 Å². The summed E-state index contributed by atoms with van der Waals surface area (Å²) < 4.78 is 36.1. The Kier molecular flexibility index (Phi) is 7.18. The first-order chi connectivity index (χ1) is 9.90. The SMILES string of the molecule is N#CCCCSc1nccc(NC(=S)NCC(F)(F)F)n1. The van der Waals surface area contributed by atoms with Gasteiger partial charge in [0.05, 0.1) is 6.07 Å². The summed E-state index contributed by atoms with van der Waals surface area (Å²) in [5.41, 5.74) is 0. The number of hydrogen-bond acceptors (Lipinski definition) is 5. The van der Waals surface area contributed by atoms with Gasteiger partial charge in [0.2, 0.25) is 0 Å². The molecule has 1 aromatic rings. The molecule has 0 bridgehead atoms. The van der Waals surface area contributed by atoms with Gasteiger partial charge in [0.1, 0.15) is 12.4 Å². The Labute approximate surface area is 129 Å². The van der Waals surface area contributed by atoms with Gasteiger partial charge in [-0.25, -0.2) is 9.97 Å². The topological polar surface area (TPSA) is 73.6 Å². The molecule has 0 fully saturated rings. The maximum Gasteiger partial charge on any atom is 0.405 e.